The summed E-state index contributed by atoms with van der Waals surface area (Å²) in [6, 6.07) is 21.0. The second-order valence-electron chi connectivity index (χ2n) is 8.04. The van der Waals surface area contributed by atoms with Crippen molar-refractivity contribution in [2.45, 2.75) is 37.5 Å². The summed E-state index contributed by atoms with van der Waals surface area (Å²) < 4.78 is 0. The maximum atomic E-state index is 11.1. The van der Waals surface area contributed by atoms with E-state index in [0.29, 0.717) is 0 Å². The summed E-state index contributed by atoms with van der Waals surface area (Å²) in [5, 5.41) is 14.7. The van der Waals surface area contributed by atoms with Gasteiger partial charge < -0.3 is 15.4 Å². The summed E-state index contributed by atoms with van der Waals surface area (Å²) >= 11 is 0. The fraction of sp³-hybridized carbons (Fsp3) is 0.375. The molecule has 0 spiro atoms. The van der Waals surface area contributed by atoms with Gasteiger partial charge in [-0.05, 0) is 36.9 Å². The van der Waals surface area contributed by atoms with Crippen LogP contribution >= 0.6 is 0 Å². The van der Waals surface area contributed by atoms with Crippen LogP contribution < -0.4 is 5.32 Å². The molecule has 4 rings (SSSR count). The summed E-state index contributed by atoms with van der Waals surface area (Å²) in [7, 11) is 0. The van der Waals surface area contributed by atoms with Crippen molar-refractivity contribution in [3.8, 4) is 0 Å². The summed E-state index contributed by atoms with van der Waals surface area (Å²) in [4.78, 5) is 9.83. The topological polar surface area (TPSA) is 64.2 Å². The number of nitrogens with one attached hydrogen (secondary N) is 2. The molecule has 1 aliphatic rings. The number of aromatic nitrogens is 2. The highest BCUT2D eigenvalue weighted by molar-refractivity contribution is 5.26. The minimum Gasteiger partial charge on any atom is -0.390 e. The highest BCUT2D eigenvalue weighted by atomic mass is 16.3. The number of hydrogen-bond donors (Lipinski definition) is 3. The van der Waals surface area contributed by atoms with E-state index in [1.54, 1.807) is 6.33 Å². The smallest absolute Gasteiger partial charge is 0.0922 e. The van der Waals surface area contributed by atoms with E-state index in [0.717, 1.165) is 51.1 Å². The first kappa shape index (κ1) is 19.8. The first-order valence-corrected chi connectivity index (χ1v) is 10.5. The molecule has 2 aromatic carbocycles. The second kappa shape index (κ2) is 9.35. The number of rotatable bonds is 8. The molecule has 29 heavy (non-hydrogen) atoms. The van der Waals surface area contributed by atoms with Gasteiger partial charge >= 0.3 is 0 Å². The number of aromatic amines is 1. The van der Waals surface area contributed by atoms with Gasteiger partial charge in [0, 0.05) is 25.8 Å². The van der Waals surface area contributed by atoms with Crippen LogP contribution in [0, 0.1) is 0 Å². The number of imidazole rings is 1. The fourth-order valence-electron chi connectivity index (χ4n) is 4.15. The van der Waals surface area contributed by atoms with Crippen LogP contribution in [0.25, 0.3) is 0 Å². The van der Waals surface area contributed by atoms with Crippen molar-refractivity contribution in [1.29, 1.82) is 0 Å². The maximum absolute atomic E-state index is 11.1. The van der Waals surface area contributed by atoms with E-state index in [1.807, 2.05) is 12.3 Å². The quantitative estimate of drug-likeness (QED) is 0.551. The predicted octanol–water partition coefficient (Wildman–Crippen LogP) is 3.51. The third-order valence-corrected chi connectivity index (χ3v) is 5.94. The van der Waals surface area contributed by atoms with Gasteiger partial charge in [0.25, 0.3) is 0 Å². The summed E-state index contributed by atoms with van der Waals surface area (Å²) in [5.41, 5.74) is 2.99. The van der Waals surface area contributed by atoms with Gasteiger partial charge in [-0.2, -0.15) is 0 Å². The number of hydrogen-bond acceptors (Lipinski definition) is 4. The average Bonchev–Trinajstić information content (AvgIpc) is 3.29. The number of likely N-dealkylation sites (tertiary alicyclic amines) is 1. The van der Waals surface area contributed by atoms with Crippen molar-refractivity contribution < 1.29 is 5.11 Å². The Morgan fingerprint density at radius 3 is 2.38 bits per heavy atom. The molecule has 5 nitrogen and oxygen atoms in total. The number of benzene rings is 2. The van der Waals surface area contributed by atoms with E-state index in [9.17, 15) is 5.11 Å². The Hall–Kier alpha value is -2.47. The van der Waals surface area contributed by atoms with Crippen molar-refractivity contribution in [3.05, 3.63) is 90.0 Å². The minimum atomic E-state index is -0.588. The van der Waals surface area contributed by atoms with Gasteiger partial charge in [-0.1, -0.05) is 60.7 Å². The van der Waals surface area contributed by atoms with Crippen LogP contribution in [0.2, 0.25) is 0 Å². The molecule has 1 aromatic heterocycles. The lowest BCUT2D eigenvalue weighted by molar-refractivity contribution is -0.0290. The predicted molar refractivity (Wildman–Crippen MR) is 115 cm³/mol. The van der Waals surface area contributed by atoms with Crippen molar-refractivity contribution in [3.63, 3.8) is 0 Å². The second-order valence-corrected chi connectivity index (χ2v) is 8.04. The summed E-state index contributed by atoms with van der Waals surface area (Å²) in [6.45, 7) is 3.60. The molecule has 1 unspecified atom stereocenters. The van der Waals surface area contributed by atoms with E-state index in [1.165, 1.54) is 11.1 Å². The molecule has 3 aromatic rings. The molecule has 152 valence electrons. The molecule has 0 bridgehead atoms. The standard InChI is InChI=1S/C24H30N4O/c29-24(12-15-28(16-13-24)18-20-7-3-1-4-8-20)11-14-26-23(22-17-25-19-27-22)21-9-5-2-6-10-21/h1-10,17,19,23,26,29H,11-16,18H2,(H,25,27). The summed E-state index contributed by atoms with van der Waals surface area (Å²) in [5.74, 6) is 0. The van der Waals surface area contributed by atoms with E-state index >= 15 is 0 Å². The molecular weight excluding hydrogens is 360 g/mol. The SMILES string of the molecule is OC1(CCNC(c2ccccc2)c2cnc[nH]2)CCN(Cc2ccccc2)CC1. The first-order chi connectivity index (χ1) is 14.2. The highest BCUT2D eigenvalue weighted by Crippen LogP contribution is 2.27. The fourth-order valence-corrected chi connectivity index (χ4v) is 4.15. The van der Waals surface area contributed by atoms with Crippen molar-refractivity contribution in [2.24, 2.45) is 0 Å². The number of H-pyrrole nitrogens is 1. The zero-order valence-electron chi connectivity index (χ0n) is 16.8. The molecular formula is C24H30N4O. The third-order valence-electron chi connectivity index (χ3n) is 5.94. The lowest BCUT2D eigenvalue weighted by Crippen LogP contribution is -2.45. The van der Waals surface area contributed by atoms with Gasteiger partial charge in [-0.15, -0.1) is 0 Å². The minimum absolute atomic E-state index is 0.0560. The van der Waals surface area contributed by atoms with Crippen LogP contribution in [0.4, 0.5) is 0 Å². The maximum Gasteiger partial charge on any atom is 0.0922 e. The van der Waals surface area contributed by atoms with Gasteiger partial charge in [-0.3, -0.25) is 4.90 Å². The Bertz CT molecular complexity index is 843. The molecule has 1 saturated heterocycles. The first-order valence-electron chi connectivity index (χ1n) is 10.5. The zero-order valence-corrected chi connectivity index (χ0v) is 16.8. The van der Waals surface area contributed by atoms with E-state index in [4.69, 9.17) is 0 Å². The van der Waals surface area contributed by atoms with Gasteiger partial charge in [0.05, 0.1) is 23.7 Å². The van der Waals surface area contributed by atoms with Crippen LogP contribution in [0.15, 0.2) is 73.2 Å². The van der Waals surface area contributed by atoms with Gasteiger partial charge in [-0.25, -0.2) is 4.98 Å². The third kappa shape index (κ3) is 5.32. The lowest BCUT2D eigenvalue weighted by Gasteiger charge is -2.38. The van der Waals surface area contributed by atoms with Crippen LogP contribution in [0.1, 0.15) is 42.1 Å². The van der Waals surface area contributed by atoms with Crippen LogP contribution in [-0.2, 0) is 6.54 Å². The van der Waals surface area contributed by atoms with Crippen molar-refractivity contribution >= 4 is 0 Å². The average molecular weight is 391 g/mol. The van der Waals surface area contributed by atoms with Crippen molar-refractivity contribution in [2.75, 3.05) is 19.6 Å². The molecule has 0 aliphatic carbocycles. The zero-order chi connectivity index (χ0) is 19.9. The molecule has 1 fully saturated rings. The number of nitrogens with zero attached hydrogens (tertiary/aromatic N) is 2. The van der Waals surface area contributed by atoms with Crippen LogP contribution in [0.3, 0.4) is 0 Å². The Labute approximate surface area is 172 Å². The lowest BCUT2D eigenvalue weighted by atomic mass is 9.88. The Kier molecular flexibility index (Phi) is 6.39. The van der Waals surface area contributed by atoms with Crippen LogP contribution in [-0.4, -0.2) is 45.2 Å². The van der Waals surface area contributed by atoms with Gasteiger partial charge in [0.1, 0.15) is 0 Å². The molecule has 3 N–H and O–H groups in total. The largest absolute Gasteiger partial charge is 0.390 e. The number of aliphatic hydroxyl groups is 1. The molecule has 1 aliphatic heterocycles. The Morgan fingerprint density at radius 1 is 1.03 bits per heavy atom. The molecule has 0 saturated carbocycles. The Balaban J connectivity index is 1.29. The highest BCUT2D eigenvalue weighted by Gasteiger charge is 2.32. The van der Waals surface area contributed by atoms with E-state index in [-0.39, 0.29) is 6.04 Å². The van der Waals surface area contributed by atoms with E-state index in [2.05, 4.69) is 74.8 Å². The van der Waals surface area contributed by atoms with Gasteiger partial charge in [0.2, 0.25) is 0 Å². The Morgan fingerprint density at radius 2 is 1.72 bits per heavy atom. The molecule has 0 amide bonds. The monoisotopic (exact) mass is 390 g/mol. The normalized spacial score (nSPS) is 17.8. The summed E-state index contributed by atoms with van der Waals surface area (Å²) in [6.07, 6.45) is 5.97. The van der Waals surface area contributed by atoms with Crippen molar-refractivity contribution in [1.82, 2.24) is 20.2 Å². The number of piperidine rings is 1. The van der Waals surface area contributed by atoms with Crippen LogP contribution in [0.5, 0.6) is 0 Å². The van der Waals surface area contributed by atoms with E-state index < -0.39 is 5.60 Å². The molecule has 5 heteroatoms. The molecule has 2 heterocycles. The molecule has 1 atom stereocenters. The van der Waals surface area contributed by atoms with Gasteiger partial charge in [0.15, 0.2) is 0 Å². The molecule has 0 radical (unpaired) electrons.